The molecule has 27 heavy (non-hydrogen) atoms. The van der Waals surface area contributed by atoms with E-state index in [1.807, 2.05) is 23.0 Å². The lowest BCUT2D eigenvalue weighted by molar-refractivity contribution is -0.122. The molecule has 0 bridgehead atoms. The minimum absolute atomic E-state index is 0.109. The second-order valence-electron chi connectivity index (χ2n) is 6.96. The Morgan fingerprint density at radius 3 is 2.85 bits per heavy atom. The first-order valence-corrected chi connectivity index (χ1v) is 9.45. The van der Waals surface area contributed by atoms with Crippen molar-refractivity contribution in [2.45, 2.75) is 44.8 Å². The molecule has 1 saturated heterocycles. The van der Waals surface area contributed by atoms with Crippen LogP contribution in [0.2, 0.25) is 0 Å². The number of likely N-dealkylation sites (tertiary alicyclic amines) is 1. The summed E-state index contributed by atoms with van der Waals surface area (Å²) in [5, 5.41) is 7.27. The van der Waals surface area contributed by atoms with E-state index >= 15 is 0 Å². The highest BCUT2D eigenvalue weighted by atomic mass is 19.1. The van der Waals surface area contributed by atoms with Crippen LogP contribution in [0, 0.1) is 5.82 Å². The van der Waals surface area contributed by atoms with Crippen molar-refractivity contribution in [2.75, 3.05) is 20.2 Å². The summed E-state index contributed by atoms with van der Waals surface area (Å²) in [4.78, 5) is 14.4. The number of piperidine rings is 1. The summed E-state index contributed by atoms with van der Waals surface area (Å²) in [7, 11) is 1.47. The first-order valence-electron chi connectivity index (χ1n) is 9.45. The SMILES string of the molecule is COc1ccc(CN2CCC(NC(=O)CCCn3cccn3)CC2)cc1F. The van der Waals surface area contributed by atoms with Crippen molar-refractivity contribution in [1.29, 1.82) is 0 Å². The number of nitrogens with zero attached hydrogens (tertiary/aromatic N) is 3. The van der Waals surface area contributed by atoms with Gasteiger partial charge in [-0.05, 0) is 43.0 Å². The summed E-state index contributed by atoms with van der Waals surface area (Å²) in [5.74, 6) is 0.0535. The smallest absolute Gasteiger partial charge is 0.220 e. The Morgan fingerprint density at radius 2 is 2.19 bits per heavy atom. The fourth-order valence-electron chi connectivity index (χ4n) is 3.44. The fourth-order valence-corrected chi connectivity index (χ4v) is 3.44. The van der Waals surface area contributed by atoms with Gasteiger partial charge in [0.15, 0.2) is 11.6 Å². The van der Waals surface area contributed by atoms with Crippen LogP contribution in [0.15, 0.2) is 36.7 Å². The zero-order valence-electron chi connectivity index (χ0n) is 15.7. The zero-order valence-corrected chi connectivity index (χ0v) is 15.7. The zero-order chi connectivity index (χ0) is 19.1. The van der Waals surface area contributed by atoms with Gasteiger partial charge in [-0.3, -0.25) is 14.4 Å². The molecule has 0 radical (unpaired) electrons. The number of aryl methyl sites for hydroxylation is 1. The number of ether oxygens (including phenoxy) is 1. The van der Waals surface area contributed by atoms with Gasteiger partial charge in [-0.15, -0.1) is 0 Å². The number of amides is 1. The van der Waals surface area contributed by atoms with Crippen LogP contribution in [-0.4, -0.2) is 46.8 Å². The van der Waals surface area contributed by atoms with Gasteiger partial charge in [-0.1, -0.05) is 6.07 Å². The van der Waals surface area contributed by atoms with Crippen molar-refractivity contribution in [3.8, 4) is 5.75 Å². The van der Waals surface area contributed by atoms with E-state index in [-0.39, 0.29) is 23.5 Å². The Bertz CT molecular complexity index is 728. The molecule has 0 atom stereocenters. The van der Waals surface area contributed by atoms with E-state index in [4.69, 9.17) is 4.74 Å². The molecule has 1 aliphatic heterocycles. The normalized spacial score (nSPS) is 15.6. The average molecular weight is 374 g/mol. The molecule has 1 N–H and O–H groups in total. The molecule has 1 aromatic carbocycles. The molecule has 0 spiro atoms. The van der Waals surface area contributed by atoms with Crippen molar-refractivity contribution < 1.29 is 13.9 Å². The van der Waals surface area contributed by atoms with Gasteiger partial charge in [-0.2, -0.15) is 5.10 Å². The molecule has 2 aromatic rings. The molecular weight excluding hydrogens is 347 g/mol. The third kappa shape index (κ3) is 5.79. The number of hydrogen-bond acceptors (Lipinski definition) is 4. The van der Waals surface area contributed by atoms with E-state index < -0.39 is 0 Å². The summed E-state index contributed by atoms with van der Waals surface area (Å²) < 4.78 is 20.6. The summed E-state index contributed by atoms with van der Waals surface area (Å²) in [6.07, 6.45) is 6.80. The van der Waals surface area contributed by atoms with Crippen LogP contribution in [-0.2, 0) is 17.9 Å². The predicted octanol–water partition coefficient (Wildman–Crippen LogP) is 2.59. The number of benzene rings is 1. The Kier molecular flexibility index (Phi) is 6.81. The number of rotatable bonds is 8. The Labute approximate surface area is 159 Å². The minimum atomic E-state index is -0.327. The molecule has 7 heteroatoms. The molecule has 0 unspecified atom stereocenters. The lowest BCUT2D eigenvalue weighted by Gasteiger charge is -2.32. The van der Waals surface area contributed by atoms with Gasteiger partial charge in [0.05, 0.1) is 7.11 Å². The monoisotopic (exact) mass is 374 g/mol. The Hall–Kier alpha value is -2.41. The van der Waals surface area contributed by atoms with Gasteiger partial charge in [0.1, 0.15) is 0 Å². The first kappa shape index (κ1) is 19.4. The lowest BCUT2D eigenvalue weighted by Crippen LogP contribution is -2.44. The second kappa shape index (κ2) is 9.50. The van der Waals surface area contributed by atoms with E-state index in [0.29, 0.717) is 13.0 Å². The van der Waals surface area contributed by atoms with Crippen LogP contribution in [0.3, 0.4) is 0 Å². The number of nitrogens with one attached hydrogen (secondary N) is 1. The highest BCUT2D eigenvalue weighted by Gasteiger charge is 2.21. The maximum absolute atomic E-state index is 13.8. The van der Waals surface area contributed by atoms with Gasteiger partial charge in [0.25, 0.3) is 0 Å². The quantitative estimate of drug-likeness (QED) is 0.772. The Balaban J connectivity index is 1.36. The Morgan fingerprint density at radius 1 is 1.37 bits per heavy atom. The first-order chi connectivity index (χ1) is 13.1. The van der Waals surface area contributed by atoms with Gasteiger partial charge in [-0.25, -0.2) is 4.39 Å². The topological polar surface area (TPSA) is 59.4 Å². The van der Waals surface area contributed by atoms with Crippen LogP contribution in [0.1, 0.15) is 31.2 Å². The number of carbonyl (C=O) groups excluding carboxylic acids is 1. The van der Waals surface area contributed by atoms with Crippen molar-refractivity contribution in [2.24, 2.45) is 0 Å². The molecule has 146 valence electrons. The number of carbonyl (C=O) groups is 1. The maximum Gasteiger partial charge on any atom is 0.220 e. The molecule has 1 amide bonds. The van der Waals surface area contributed by atoms with Crippen LogP contribution >= 0.6 is 0 Å². The molecular formula is C20H27FN4O2. The number of hydrogen-bond donors (Lipinski definition) is 1. The van der Waals surface area contributed by atoms with E-state index in [1.54, 1.807) is 12.3 Å². The molecule has 0 aliphatic carbocycles. The van der Waals surface area contributed by atoms with Crippen LogP contribution in [0.25, 0.3) is 0 Å². The van der Waals surface area contributed by atoms with Crippen LogP contribution < -0.4 is 10.1 Å². The number of methoxy groups -OCH3 is 1. The second-order valence-corrected chi connectivity index (χ2v) is 6.96. The van der Waals surface area contributed by atoms with Crippen molar-refractivity contribution >= 4 is 5.91 Å². The highest BCUT2D eigenvalue weighted by Crippen LogP contribution is 2.20. The summed E-state index contributed by atoms with van der Waals surface area (Å²) >= 11 is 0. The predicted molar refractivity (Wildman–Crippen MR) is 101 cm³/mol. The standard InChI is InChI=1S/C20H27FN4O2/c1-27-19-6-5-16(14-18(19)21)15-24-12-7-17(8-13-24)23-20(26)4-2-10-25-11-3-9-22-25/h3,5-6,9,11,14,17H,2,4,7-8,10,12-13,15H2,1H3,(H,23,26). The molecule has 2 heterocycles. The van der Waals surface area contributed by atoms with Crippen molar-refractivity contribution in [3.63, 3.8) is 0 Å². The van der Waals surface area contributed by atoms with Gasteiger partial charge < -0.3 is 10.1 Å². The summed E-state index contributed by atoms with van der Waals surface area (Å²) in [5.41, 5.74) is 0.939. The van der Waals surface area contributed by atoms with E-state index in [2.05, 4.69) is 15.3 Å². The lowest BCUT2D eigenvalue weighted by atomic mass is 10.0. The molecule has 1 aromatic heterocycles. The van der Waals surface area contributed by atoms with E-state index in [9.17, 15) is 9.18 Å². The fraction of sp³-hybridized carbons (Fsp3) is 0.500. The number of halogens is 1. The van der Waals surface area contributed by atoms with Gasteiger partial charge in [0, 0.05) is 51.0 Å². The number of aromatic nitrogens is 2. The third-order valence-corrected chi connectivity index (χ3v) is 4.93. The van der Waals surface area contributed by atoms with Crippen molar-refractivity contribution in [3.05, 3.63) is 48.0 Å². The van der Waals surface area contributed by atoms with E-state index in [1.165, 1.54) is 13.2 Å². The summed E-state index contributed by atoms with van der Waals surface area (Å²) in [6, 6.07) is 7.21. The van der Waals surface area contributed by atoms with Crippen LogP contribution in [0.5, 0.6) is 5.75 Å². The van der Waals surface area contributed by atoms with Gasteiger partial charge in [0.2, 0.25) is 5.91 Å². The average Bonchev–Trinajstić information content (AvgIpc) is 3.17. The molecule has 0 saturated carbocycles. The minimum Gasteiger partial charge on any atom is -0.494 e. The van der Waals surface area contributed by atoms with Gasteiger partial charge >= 0.3 is 0 Å². The maximum atomic E-state index is 13.8. The largest absolute Gasteiger partial charge is 0.494 e. The highest BCUT2D eigenvalue weighted by molar-refractivity contribution is 5.76. The van der Waals surface area contributed by atoms with E-state index in [0.717, 1.165) is 44.5 Å². The molecule has 1 aliphatic rings. The third-order valence-electron chi connectivity index (χ3n) is 4.93. The molecule has 3 rings (SSSR count). The van der Waals surface area contributed by atoms with Crippen LogP contribution in [0.4, 0.5) is 4.39 Å². The molecule has 1 fully saturated rings. The van der Waals surface area contributed by atoms with Crippen molar-refractivity contribution in [1.82, 2.24) is 20.0 Å². The molecule has 6 nitrogen and oxygen atoms in total. The summed E-state index contributed by atoms with van der Waals surface area (Å²) in [6.45, 7) is 3.26.